The molecule has 7 nitrogen and oxygen atoms in total. The van der Waals surface area contributed by atoms with Crippen LogP contribution in [-0.4, -0.2) is 25.0 Å². The number of nitrogens with one attached hydrogen (secondary N) is 1. The molecule has 0 radical (unpaired) electrons. The van der Waals surface area contributed by atoms with E-state index in [4.69, 9.17) is 5.73 Å². The molecule has 1 aromatic carbocycles. The van der Waals surface area contributed by atoms with E-state index in [1.165, 1.54) is 6.20 Å². The standard InChI is InChI=1S/C13H12N6O/c14-12-10(6-15-13(20)16-12)11-8-19(18-17-11)7-9-4-2-1-3-5-9/h1-6,8H,7H2,(H3,14,15,16,20). The molecule has 0 fully saturated rings. The van der Waals surface area contributed by atoms with E-state index in [1.54, 1.807) is 10.9 Å². The highest BCUT2D eigenvalue weighted by Gasteiger charge is 2.09. The van der Waals surface area contributed by atoms with Gasteiger partial charge in [0.05, 0.1) is 18.3 Å². The maximum atomic E-state index is 11.0. The molecule has 0 unspecified atom stereocenters. The van der Waals surface area contributed by atoms with E-state index < -0.39 is 5.69 Å². The van der Waals surface area contributed by atoms with Gasteiger partial charge in [-0.05, 0) is 5.56 Å². The average Bonchev–Trinajstić information content (AvgIpc) is 2.88. The van der Waals surface area contributed by atoms with Gasteiger partial charge in [-0.25, -0.2) is 14.5 Å². The SMILES string of the molecule is Nc1[nH]c(=O)ncc1-c1cn(Cc2ccccc2)nn1. The van der Waals surface area contributed by atoms with Crippen molar-refractivity contribution in [3.63, 3.8) is 0 Å². The van der Waals surface area contributed by atoms with E-state index in [0.717, 1.165) is 5.56 Å². The Morgan fingerprint density at radius 1 is 1.25 bits per heavy atom. The number of anilines is 1. The largest absolute Gasteiger partial charge is 0.385 e. The number of aromatic amines is 1. The third-order valence-electron chi connectivity index (χ3n) is 2.84. The minimum Gasteiger partial charge on any atom is -0.385 e. The average molecular weight is 268 g/mol. The number of aromatic nitrogens is 5. The molecule has 20 heavy (non-hydrogen) atoms. The molecule has 3 N–H and O–H groups in total. The van der Waals surface area contributed by atoms with E-state index >= 15 is 0 Å². The van der Waals surface area contributed by atoms with Gasteiger partial charge in [0.15, 0.2) is 0 Å². The highest BCUT2D eigenvalue weighted by molar-refractivity contribution is 5.68. The molecule has 3 rings (SSSR count). The van der Waals surface area contributed by atoms with E-state index in [9.17, 15) is 4.79 Å². The lowest BCUT2D eigenvalue weighted by Gasteiger charge is -2.00. The smallest absolute Gasteiger partial charge is 0.346 e. The third-order valence-corrected chi connectivity index (χ3v) is 2.84. The molecule has 0 bridgehead atoms. The van der Waals surface area contributed by atoms with Crippen LogP contribution in [0, 0.1) is 0 Å². The first-order valence-electron chi connectivity index (χ1n) is 6.01. The molecule has 0 atom stereocenters. The Bertz CT molecular complexity index is 777. The summed E-state index contributed by atoms with van der Waals surface area (Å²) in [4.78, 5) is 17.1. The van der Waals surface area contributed by atoms with Crippen LogP contribution in [0.4, 0.5) is 5.82 Å². The Labute approximate surface area is 114 Å². The number of hydrogen-bond donors (Lipinski definition) is 2. The molecule has 0 spiro atoms. The summed E-state index contributed by atoms with van der Waals surface area (Å²) in [5, 5.41) is 8.09. The molecule has 2 aromatic heterocycles. The van der Waals surface area contributed by atoms with Crippen LogP contribution in [0.15, 0.2) is 47.5 Å². The van der Waals surface area contributed by atoms with Crippen LogP contribution in [0.5, 0.6) is 0 Å². The summed E-state index contributed by atoms with van der Waals surface area (Å²) in [6, 6.07) is 9.92. The topological polar surface area (TPSA) is 102 Å². The van der Waals surface area contributed by atoms with E-state index in [0.29, 0.717) is 17.8 Å². The summed E-state index contributed by atoms with van der Waals surface area (Å²) in [5.74, 6) is 0.233. The fourth-order valence-corrected chi connectivity index (χ4v) is 1.88. The summed E-state index contributed by atoms with van der Waals surface area (Å²) >= 11 is 0. The zero-order valence-corrected chi connectivity index (χ0v) is 10.5. The Balaban J connectivity index is 1.88. The van der Waals surface area contributed by atoms with Crippen molar-refractivity contribution in [2.24, 2.45) is 0 Å². The van der Waals surface area contributed by atoms with Crippen LogP contribution in [0.2, 0.25) is 0 Å². The molecule has 0 amide bonds. The number of nitrogen functional groups attached to an aromatic ring is 1. The van der Waals surface area contributed by atoms with Gasteiger partial charge in [-0.1, -0.05) is 35.5 Å². The van der Waals surface area contributed by atoms with Crippen molar-refractivity contribution >= 4 is 5.82 Å². The van der Waals surface area contributed by atoms with Crippen molar-refractivity contribution in [1.29, 1.82) is 0 Å². The van der Waals surface area contributed by atoms with Gasteiger partial charge in [0, 0.05) is 6.20 Å². The normalized spacial score (nSPS) is 10.6. The van der Waals surface area contributed by atoms with Gasteiger partial charge in [-0.3, -0.25) is 4.98 Å². The molecular formula is C13H12N6O. The Morgan fingerprint density at radius 3 is 2.80 bits per heavy atom. The second-order valence-electron chi connectivity index (χ2n) is 4.30. The fraction of sp³-hybridized carbons (Fsp3) is 0.0769. The van der Waals surface area contributed by atoms with Gasteiger partial charge in [-0.2, -0.15) is 0 Å². The van der Waals surface area contributed by atoms with Gasteiger partial charge >= 0.3 is 5.69 Å². The first kappa shape index (κ1) is 12.1. The van der Waals surface area contributed by atoms with Crippen molar-refractivity contribution < 1.29 is 0 Å². The Hall–Kier alpha value is -2.96. The highest BCUT2D eigenvalue weighted by Crippen LogP contribution is 2.19. The number of benzene rings is 1. The summed E-state index contributed by atoms with van der Waals surface area (Å²) in [5.41, 5.74) is 7.51. The molecule has 7 heteroatoms. The molecule has 0 aliphatic rings. The van der Waals surface area contributed by atoms with Crippen LogP contribution < -0.4 is 11.4 Å². The van der Waals surface area contributed by atoms with Gasteiger partial charge in [0.1, 0.15) is 11.5 Å². The number of hydrogen-bond acceptors (Lipinski definition) is 5. The molecular weight excluding hydrogens is 256 g/mol. The van der Waals surface area contributed by atoms with Gasteiger partial charge < -0.3 is 5.73 Å². The summed E-state index contributed by atoms with van der Waals surface area (Å²) < 4.78 is 1.70. The fourth-order valence-electron chi connectivity index (χ4n) is 1.88. The molecule has 2 heterocycles. The highest BCUT2D eigenvalue weighted by atomic mass is 16.1. The maximum absolute atomic E-state index is 11.0. The summed E-state index contributed by atoms with van der Waals surface area (Å²) in [7, 11) is 0. The predicted molar refractivity (Wildman–Crippen MR) is 73.8 cm³/mol. The molecule has 100 valence electrons. The van der Waals surface area contributed by atoms with Gasteiger partial charge in [0.2, 0.25) is 0 Å². The van der Waals surface area contributed by atoms with Gasteiger partial charge in [0.25, 0.3) is 0 Å². The second-order valence-corrected chi connectivity index (χ2v) is 4.30. The van der Waals surface area contributed by atoms with Crippen LogP contribution in [0.1, 0.15) is 5.56 Å². The van der Waals surface area contributed by atoms with Crippen LogP contribution in [0.25, 0.3) is 11.3 Å². The predicted octanol–water partition coefficient (Wildman–Crippen LogP) is 0.659. The zero-order chi connectivity index (χ0) is 13.9. The van der Waals surface area contributed by atoms with Crippen molar-refractivity contribution in [2.75, 3.05) is 5.73 Å². The van der Waals surface area contributed by atoms with Crippen LogP contribution >= 0.6 is 0 Å². The minimum atomic E-state index is -0.483. The summed E-state index contributed by atoms with van der Waals surface area (Å²) in [6.07, 6.45) is 3.16. The Kier molecular flexibility index (Phi) is 3.00. The van der Waals surface area contributed by atoms with E-state index in [1.807, 2.05) is 30.3 Å². The molecule has 3 aromatic rings. The number of H-pyrrole nitrogens is 1. The first-order valence-corrected chi connectivity index (χ1v) is 6.01. The molecule has 0 aliphatic carbocycles. The van der Waals surface area contributed by atoms with Crippen LogP contribution in [-0.2, 0) is 6.54 Å². The lowest BCUT2D eigenvalue weighted by molar-refractivity contribution is 0.650. The van der Waals surface area contributed by atoms with Gasteiger partial charge in [-0.15, -0.1) is 5.10 Å². The maximum Gasteiger partial charge on any atom is 0.346 e. The van der Waals surface area contributed by atoms with Crippen molar-refractivity contribution in [3.8, 4) is 11.3 Å². The minimum absolute atomic E-state index is 0.233. The lowest BCUT2D eigenvalue weighted by atomic mass is 10.2. The lowest BCUT2D eigenvalue weighted by Crippen LogP contribution is -2.12. The monoisotopic (exact) mass is 268 g/mol. The summed E-state index contributed by atoms with van der Waals surface area (Å²) in [6.45, 7) is 0.616. The van der Waals surface area contributed by atoms with E-state index in [-0.39, 0.29) is 5.82 Å². The number of nitrogens with zero attached hydrogens (tertiary/aromatic N) is 4. The molecule has 0 saturated heterocycles. The Morgan fingerprint density at radius 2 is 2.05 bits per heavy atom. The van der Waals surface area contributed by atoms with Crippen LogP contribution in [0.3, 0.4) is 0 Å². The van der Waals surface area contributed by atoms with Crippen molar-refractivity contribution in [3.05, 3.63) is 58.8 Å². The van der Waals surface area contributed by atoms with Crippen molar-refractivity contribution in [1.82, 2.24) is 25.0 Å². The number of rotatable bonds is 3. The second kappa shape index (κ2) is 4.96. The first-order chi connectivity index (χ1) is 9.72. The van der Waals surface area contributed by atoms with Crippen molar-refractivity contribution in [2.45, 2.75) is 6.54 Å². The number of nitrogens with two attached hydrogens (primary N) is 1. The molecule has 0 saturated carbocycles. The quantitative estimate of drug-likeness (QED) is 0.726. The zero-order valence-electron chi connectivity index (χ0n) is 10.5. The molecule has 0 aliphatic heterocycles. The van der Waals surface area contributed by atoms with E-state index in [2.05, 4.69) is 20.3 Å². The third kappa shape index (κ3) is 2.41.